The molecule has 0 aromatic heterocycles. The number of benzene rings is 1. The number of esters is 1. The zero-order chi connectivity index (χ0) is 15.7. The summed E-state index contributed by atoms with van der Waals surface area (Å²) >= 11 is 0. The van der Waals surface area contributed by atoms with Gasteiger partial charge in [0.1, 0.15) is 0 Å². The summed E-state index contributed by atoms with van der Waals surface area (Å²) in [5.74, 6) is -1.76. The van der Waals surface area contributed by atoms with Crippen LogP contribution in [-0.2, 0) is 14.3 Å². The summed E-state index contributed by atoms with van der Waals surface area (Å²) in [6.45, 7) is 8.08. The molecule has 0 spiro atoms. The molecule has 21 heavy (non-hydrogen) atoms. The van der Waals surface area contributed by atoms with Gasteiger partial charge in [-0.1, -0.05) is 51.1 Å². The van der Waals surface area contributed by atoms with Crippen molar-refractivity contribution in [3.63, 3.8) is 0 Å². The summed E-state index contributed by atoms with van der Waals surface area (Å²) in [7, 11) is 0. The number of carbonyl (C=O) groups excluding carboxylic acids is 1. The quantitative estimate of drug-likeness (QED) is 0.867. The number of aliphatic hydroxyl groups is 1. The minimum absolute atomic E-state index is 0.0972. The van der Waals surface area contributed by atoms with E-state index in [1.807, 2.05) is 30.3 Å². The fourth-order valence-corrected chi connectivity index (χ4v) is 3.41. The predicted molar refractivity (Wildman–Crippen MR) is 79.7 cm³/mol. The molecule has 1 aromatic carbocycles. The van der Waals surface area contributed by atoms with Crippen molar-refractivity contribution >= 4 is 5.97 Å². The Hall–Kier alpha value is -1.39. The van der Waals surface area contributed by atoms with Crippen LogP contribution in [0.5, 0.6) is 0 Å². The third kappa shape index (κ3) is 3.11. The van der Waals surface area contributed by atoms with Gasteiger partial charge in [0.05, 0.1) is 19.1 Å². The van der Waals surface area contributed by atoms with Crippen molar-refractivity contribution in [3.8, 4) is 0 Å². The summed E-state index contributed by atoms with van der Waals surface area (Å²) < 4.78 is 11.3. The van der Waals surface area contributed by atoms with Crippen molar-refractivity contribution in [1.82, 2.24) is 0 Å². The number of hydrogen-bond acceptors (Lipinski definition) is 4. The molecule has 4 nitrogen and oxygen atoms in total. The molecule has 0 bridgehead atoms. The maximum atomic E-state index is 12.4. The number of rotatable bonds is 4. The summed E-state index contributed by atoms with van der Waals surface area (Å²) in [5.41, 5.74) is 0.760. The van der Waals surface area contributed by atoms with Crippen LogP contribution in [0.1, 0.15) is 39.2 Å². The highest BCUT2D eigenvalue weighted by atomic mass is 16.7. The van der Waals surface area contributed by atoms with Crippen molar-refractivity contribution in [3.05, 3.63) is 35.9 Å². The Morgan fingerprint density at radius 1 is 1.29 bits per heavy atom. The van der Waals surface area contributed by atoms with Gasteiger partial charge in [0.25, 0.3) is 0 Å². The highest BCUT2D eigenvalue weighted by Gasteiger charge is 2.58. The number of aliphatic hydroxyl groups excluding tert-OH is 1. The number of ether oxygens (including phenoxy) is 2. The first-order valence-electron chi connectivity index (χ1n) is 7.32. The van der Waals surface area contributed by atoms with Crippen LogP contribution in [0, 0.1) is 11.3 Å². The van der Waals surface area contributed by atoms with Gasteiger partial charge in [-0.2, -0.15) is 0 Å². The second-order valence-corrected chi connectivity index (χ2v) is 6.74. The molecule has 1 aliphatic rings. The van der Waals surface area contributed by atoms with Gasteiger partial charge < -0.3 is 14.6 Å². The summed E-state index contributed by atoms with van der Waals surface area (Å²) in [5, 5.41) is 9.01. The van der Waals surface area contributed by atoms with Crippen LogP contribution in [0.2, 0.25) is 0 Å². The third-order valence-corrected chi connectivity index (χ3v) is 4.03. The lowest BCUT2D eigenvalue weighted by atomic mass is 9.68. The van der Waals surface area contributed by atoms with Crippen molar-refractivity contribution in [1.29, 1.82) is 0 Å². The SMILES string of the molecule is CC(C)(C)[C@H]1[C@H](c2ccccc2)C(=O)O[C@]1(C)OCCO. The molecule has 3 atom stereocenters. The van der Waals surface area contributed by atoms with Crippen LogP contribution in [-0.4, -0.2) is 30.1 Å². The average Bonchev–Trinajstić information content (AvgIpc) is 2.69. The van der Waals surface area contributed by atoms with E-state index in [4.69, 9.17) is 14.6 Å². The van der Waals surface area contributed by atoms with Crippen LogP contribution >= 0.6 is 0 Å². The van der Waals surface area contributed by atoms with Gasteiger partial charge in [-0.3, -0.25) is 4.79 Å². The maximum absolute atomic E-state index is 12.4. The van der Waals surface area contributed by atoms with Gasteiger partial charge >= 0.3 is 5.97 Å². The first kappa shape index (κ1) is 16.0. The van der Waals surface area contributed by atoms with Crippen LogP contribution in [0.4, 0.5) is 0 Å². The molecule has 1 aliphatic heterocycles. The van der Waals surface area contributed by atoms with Crippen molar-refractivity contribution < 1.29 is 19.4 Å². The number of hydrogen-bond donors (Lipinski definition) is 1. The molecule has 0 saturated carbocycles. The van der Waals surface area contributed by atoms with Crippen LogP contribution in [0.15, 0.2) is 30.3 Å². The lowest BCUT2D eigenvalue weighted by molar-refractivity contribution is -0.233. The Morgan fingerprint density at radius 3 is 2.43 bits per heavy atom. The van der Waals surface area contributed by atoms with E-state index in [0.717, 1.165) is 5.56 Å². The van der Waals surface area contributed by atoms with Gasteiger partial charge in [0.2, 0.25) is 5.79 Å². The van der Waals surface area contributed by atoms with E-state index in [-0.39, 0.29) is 36.4 Å². The first-order valence-corrected chi connectivity index (χ1v) is 7.32. The van der Waals surface area contributed by atoms with Gasteiger partial charge in [0, 0.05) is 12.8 Å². The fraction of sp³-hybridized carbons (Fsp3) is 0.588. The minimum atomic E-state index is -1.02. The fourth-order valence-electron chi connectivity index (χ4n) is 3.41. The molecule has 1 N–H and O–H groups in total. The minimum Gasteiger partial charge on any atom is -0.433 e. The van der Waals surface area contributed by atoms with Crippen molar-refractivity contribution in [2.24, 2.45) is 11.3 Å². The molecule has 1 heterocycles. The molecule has 0 unspecified atom stereocenters. The zero-order valence-electron chi connectivity index (χ0n) is 13.1. The largest absolute Gasteiger partial charge is 0.433 e. The molecule has 1 saturated heterocycles. The summed E-state index contributed by atoms with van der Waals surface area (Å²) in [6, 6.07) is 9.67. The Morgan fingerprint density at radius 2 is 1.90 bits per heavy atom. The lowest BCUT2D eigenvalue weighted by Crippen LogP contribution is -2.44. The molecule has 0 amide bonds. The highest BCUT2D eigenvalue weighted by molar-refractivity contribution is 5.81. The third-order valence-electron chi connectivity index (χ3n) is 4.03. The molecule has 116 valence electrons. The van der Waals surface area contributed by atoms with Crippen LogP contribution in [0.3, 0.4) is 0 Å². The number of carbonyl (C=O) groups is 1. The second-order valence-electron chi connectivity index (χ2n) is 6.74. The Kier molecular flexibility index (Phi) is 4.40. The van der Waals surface area contributed by atoms with Crippen molar-refractivity contribution in [2.75, 3.05) is 13.2 Å². The van der Waals surface area contributed by atoms with E-state index in [9.17, 15) is 4.79 Å². The zero-order valence-corrected chi connectivity index (χ0v) is 13.1. The van der Waals surface area contributed by atoms with E-state index in [2.05, 4.69) is 20.8 Å². The molecule has 1 aromatic rings. The molecule has 0 radical (unpaired) electrons. The summed E-state index contributed by atoms with van der Waals surface area (Å²) in [6.07, 6.45) is 0. The molecule has 2 rings (SSSR count). The first-order chi connectivity index (χ1) is 9.79. The standard InChI is InChI=1S/C17H24O4/c1-16(2,3)14-13(12-8-6-5-7-9-12)15(19)21-17(14,4)20-11-10-18/h5-9,13-14,18H,10-11H2,1-4H3/t13-,14+,17-/m0/s1. The molecular formula is C17H24O4. The Balaban J connectivity index is 2.42. The van der Waals surface area contributed by atoms with E-state index < -0.39 is 5.79 Å². The summed E-state index contributed by atoms with van der Waals surface area (Å²) in [4.78, 5) is 12.4. The normalized spacial score (nSPS) is 29.5. The van der Waals surface area contributed by atoms with E-state index in [0.29, 0.717) is 0 Å². The Bertz CT molecular complexity index is 491. The smallest absolute Gasteiger partial charge is 0.316 e. The van der Waals surface area contributed by atoms with Crippen LogP contribution in [0.25, 0.3) is 0 Å². The second kappa shape index (κ2) is 5.78. The van der Waals surface area contributed by atoms with Crippen LogP contribution < -0.4 is 0 Å². The van der Waals surface area contributed by atoms with E-state index in [1.54, 1.807) is 6.92 Å². The molecule has 4 heteroatoms. The van der Waals surface area contributed by atoms with Crippen molar-refractivity contribution in [2.45, 2.75) is 39.4 Å². The Labute approximate surface area is 126 Å². The molecule has 1 fully saturated rings. The van der Waals surface area contributed by atoms with E-state index in [1.165, 1.54) is 0 Å². The highest BCUT2D eigenvalue weighted by Crippen LogP contribution is 2.52. The van der Waals surface area contributed by atoms with Gasteiger partial charge in [-0.05, 0) is 11.0 Å². The maximum Gasteiger partial charge on any atom is 0.316 e. The van der Waals surface area contributed by atoms with E-state index >= 15 is 0 Å². The topological polar surface area (TPSA) is 55.8 Å². The van der Waals surface area contributed by atoms with Gasteiger partial charge in [-0.15, -0.1) is 0 Å². The predicted octanol–water partition coefficient (Wildman–Crippen LogP) is 2.71. The monoisotopic (exact) mass is 292 g/mol. The van der Waals surface area contributed by atoms with Gasteiger partial charge in [0.15, 0.2) is 0 Å². The lowest BCUT2D eigenvalue weighted by Gasteiger charge is -2.39. The molecule has 0 aliphatic carbocycles. The average molecular weight is 292 g/mol. The number of cyclic esters (lactones) is 1. The van der Waals surface area contributed by atoms with Gasteiger partial charge in [-0.25, -0.2) is 0 Å². The molecular weight excluding hydrogens is 268 g/mol.